The van der Waals surface area contributed by atoms with E-state index >= 15 is 0 Å². The molecule has 1 fully saturated rings. The van der Waals surface area contributed by atoms with Gasteiger partial charge in [0.05, 0.1) is 12.1 Å². The summed E-state index contributed by atoms with van der Waals surface area (Å²) in [5.41, 5.74) is 5.73. The van der Waals surface area contributed by atoms with Crippen LogP contribution in [-0.2, 0) is 25.7 Å². The average Bonchev–Trinajstić information content (AvgIpc) is 3.20. The molecule has 0 unspecified atom stereocenters. The van der Waals surface area contributed by atoms with Crippen molar-refractivity contribution >= 4 is 23.8 Å². The third kappa shape index (κ3) is 7.36. The van der Waals surface area contributed by atoms with Crippen molar-refractivity contribution in [2.45, 2.75) is 58.2 Å². The Bertz CT molecular complexity index is 794. The van der Waals surface area contributed by atoms with Crippen molar-refractivity contribution in [1.82, 2.24) is 15.5 Å². The van der Waals surface area contributed by atoms with Gasteiger partial charge in [0.2, 0.25) is 17.7 Å². The number of likely N-dealkylation sites (tertiary alicyclic amines) is 1. The molecule has 0 aliphatic carbocycles. The van der Waals surface area contributed by atoms with E-state index in [9.17, 15) is 19.2 Å². The van der Waals surface area contributed by atoms with Crippen LogP contribution in [0.15, 0.2) is 30.3 Å². The summed E-state index contributed by atoms with van der Waals surface area (Å²) in [6.45, 7) is 5.59. The number of carbonyl (C=O) groups is 4. The van der Waals surface area contributed by atoms with Crippen LogP contribution >= 0.6 is 0 Å². The van der Waals surface area contributed by atoms with Gasteiger partial charge >= 0.3 is 6.09 Å². The highest BCUT2D eigenvalue weighted by Gasteiger charge is 2.36. The van der Waals surface area contributed by atoms with Crippen LogP contribution in [0, 0.1) is 5.92 Å². The summed E-state index contributed by atoms with van der Waals surface area (Å²) in [5, 5.41) is 4.71. The number of nitrogens with one attached hydrogen (secondary N) is 2. The molecular formula is C22H32N4O5. The van der Waals surface area contributed by atoms with E-state index in [2.05, 4.69) is 10.6 Å². The summed E-state index contributed by atoms with van der Waals surface area (Å²) in [7, 11) is 0. The molecule has 1 heterocycles. The van der Waals surface area contributed by atoms with Gasteiger partial charge in [0.1, 0.15) is 12.6 Å². The molecule has 0 radical (unpaired) electrons. The summed E-state index contributed by atoms with van der Waals surface area (Å²) >= 11 is 0. The Morgan fingerprint density at radius 3 is 2.55 bits per heavy atom. The quantitative estimate of drug-likeness (QED) is 0.568. The number of hydrogen-bond acceptors (Lipinski definition) is 6. The summed E-state index contributed by atoms with van der Waals surface area (Å²) in [5.74, 6) is -1.50. The number of rotatable bonds is 8. The summed E-state index contributed by atoms with van der Waals surface area (Å²) < 4.78 is 5.30. The van der Waals surface area contributed by atoms with Crippen LogP contribution in [0.5, 0.6) is 0 Å². The summed E-state index contributed by atoms with van der Waals surface area (Å²) in [4.78, 5) is 50.6. The average molecular weight is 433 g/mol. The van der Waals surface area contributed by atoms with Crippen LogP contribution in [0.4, 0.5) is 4.79 Å². The minimum absolute atomic E-state index is 0.101. The van der Waals surface area contributed by atoms with Gasteiger partial charge < -0.3 is 15.8 Å². The van der Waals surface area contributed by atoms with E-state index in [0.29, 0.717) is 25.8 Å². The van der Waals surface area contributed by atoms with E-state index in [1.54, 1.807) is 6.92 Å². The number of benzene rings is 1. The Labute approximate surface area is 182 Å². The van der Waals surface area contributed by atoms with Crippen molar-refractivity contribution in [1.29, 1.82) is 0 Å². The maximum Gasteiger partial charge on any atom is 0.410 e. The topological polar surface area (TPSA) is 131 Å². The van der Waals surface area contributed by atoms with E-state index in [4.69, 9.17) is 10.5 Å². The standard InChI is InChI=1S/C22H32N4O5/c1-15(2)12-22(3,23)20(29)24-13-18(27)25-19(28)17-10-7-11-26(17)21(30)31-14-16-8-5-4-6-9-16/h4-6,8-9,15,17H,7,10-14,23H2,1-3H3,(H,24,29)(H,25,27,28)/t17-,22+/m1/s1. The first-order valence-electron chi connectivity index (χ1n) is 10.5. The molecule has 1 saturated heterocycles. The lowest BCUT2D eigenvalue weighted by atomic mass is 9.91. The normalized spacial score (nSPS) is 17.7. The molecule has 9 nitrogen and oxygen atoms in total. The number of carbonyl (C=O) groups excluding carboxylic acids is 4. The SMILES string of the molecule is CC(C)C[C@](C)(N)C(=O)NCC(=O)NC(=O)[C@H]1CCCN1C(=O)OCc1ccccc1. The molecule has 1 aromatic carbocycles. The molecule has 0 spiro atoms. The van der Waals surface area contributed by atoms with Gasteiger partial charge in [-0.25, -0.2) is 4.79 Å². The molecule has 2 rings (SSSR count). The van der Waals surface area contributed by atoms with Crippen LogP contribution < -0.4 is 16.4 Å². The molecule has 0 aromatic heterocycles. The Hall–Kier alpha value is -2.94. The number of amides is 4. The van der Waals surface area contributed by atoms with E-state index in [-0.39, 0.29) is 19.1 Å². The monoisotopic (exact) mass is 432 g/mol. The molecule has 1 aromatic rings. The Morgan fingerprint density at radius 1 is 1.23 bits per heavy atom. The predicted octanol–water partition coefficient (Wildman–Crippen LogP) is 1.31. The number of nitrogens with two attached hydrogens (primary N) is 1. The van der Waals surface area contributed by atoms with Crippen LogP contribution in [0.3, 0.4) is 0 Å². The van der Waals surface area contributed by atoms with Crippen molar-refractivity contribution in [2.24, 2.45) is 11.7 Å². The van der Waals surface area contributed by atoms with Crippen molar-refractivity contribution in [3.8, 4) is 0 Å². The zero-order valence-electron chi connectivity index (χ0n) is 18.3. The second-order valence-electron chi connectivity index (χ2n) is 8.50. The largest absolute Gasteiger partial charge is 0.445 e. The summed E-state index contributed by atoms with van der Waals surface area (Å²) in [6, 6.07) is 8.43. The number of ether oxygens (including phenoxy) is 1. The highest BCUT2D eigenvalue weighted by molar-refractivity contribution is 6.01. The van der Waals surface area contributed by atoms with E-state index in [1.165, 1.54) is 4.90 Å². The fourth-order valence-electron chi connectivity index (χ4n) is 3.63. The summed E-state index contributed by atoms with van der Waals surface area (Å²) in [6.07, 6.45) is 0.919. The highest BCUT2D eigenvalue weighted by atomic mass is 16.6. The molecule has 4 N–H and O–H groups in total. The van der Waals surface area contributed by atoms with Crippen LogP contribution in [0.1, 0.15) is 45.6 Å². The Balaban J connectivity index is 1.82. The predicted molar refractivity (Wildman–Crippen MR) is 115 cm³/mol. The molecule has 0 saturated carbocycles. The van der Waals surface area contributed by atoms with Gasteiger partial charge in [0, 0.05) is 6.54 Å². The zero-order valence-corrected chi connectivity index (χ0v) is 18.3. The van der Waals surface area contributed by atoms with E-state index in [1.807, 2.05) is 44.2 Å². The third-order valence-electron chi connectivity index (χ3n) is 5.02. The van der Waals surface area contributed by atoms with Crippen molar-refractivity contribution in [3.05, 3.63) is 35.9 Å². The lowest BCUT2D eigenvalue weighted by molar-refractivity contribution is -0.134. The molecule has 1 aliphatic rings. The van der Waals surface area contributed by atoms with Crippen molar-refractivity contribution in [2.75, 3.05) is 13.1 Å². The number of imide groups is 1. The first-order chi connectivity index (χ1) is 14.6. The smallest absolute Gasteiger partial charge is 0.410 e. The lowest BCUT2D eigenvalue weighted by Gasteiger charge is -2.25. The molecule has 2 atom stereocenters. The molecule has 31 heavy (non-hydrogen) atoms. The van der Waals surface area contributed by atoms with Crippen LogP contribution in [-0.4, -0.2) is 53.4 Å². The Kier molecular flexibility index (Phi) is 8.56. The van der Waals surface area contributed by atoms with Crippen molar-refractivity contribution in [3.63, 3.8) is 0 Å². The zero-order chi connectivity index (χ0) is 23.0. The molecule has 9 heteroatoms. The minimum atomic E-state index is -1.11. The van der Waals surface area contributed by atoms with Gasteiger partial charge in [0.25, 0.3) is 0 Å². The first-order valence-corrected chi connectivity index (χ1v) is 10.5. The van der Waals surface area contributed by atoms with Gasteiger partial charge in [-0.05, 0) is 37.7 Å². The first kappa shape index (κ1) is 24.3. The second kappa shape index (κ2) is 10.9. The van der Waals surface area contributed by atoms with Crippen molar-refractivity contribution < 1.29 is 23.9 Å². The highest BCUT2D eigenvalue weighted by Crippen LogP contribution is 2.19. The lowest BCUT2D eigenvalue weighted by Crippen LogP contribution is -2.55. The van der Waals surface area contributed by atoms with Gasteiger partial charge in [-0.1, -0.05) is 44.2 Å². The molecule has 170 valence electrons. The van der Waals surface area contributed by atoms with Gasteiger partial charge in [-0.3, -0.25) is 24.6 Å². The van der Waals surface area contributed by atoms with Gasteiger partial charge in [-0.15, -0.1) is 0 Å². The molecule has 0 bridgehead atoms. The number of hydrogen-bond donors (Lipinski definition) is 3. The Morgan fingerprint density at radius 2 is 1.90 bits per heavy atom. The van der Waals surface area contributed by atoms with Gasteiger partial charge in [-0.2, -0.15) is 0 Å². The fourth-order valence-corrected chi connectivity index (χ4v) is 3.63. The minimum Gasteiger partial charge on any atom is -0.445 e. The maximum atomic E-state index is 12.5. The van der Waals surface area contributed by atoms with Crippen LogP contribution in [0.25, 0.3) is 0 Å². The molecule has 4 amide bonds. The van der Waals surface area contributed by atoms with Crippen LogP contribution in [0.2, 0.25) is 0 Å². The second-order valence-corrected chi connectivity index (χ2v) is 8.50. The number of nitrogens with zero attached hydrogens (tertiary/aromatic N) is 1. The maximum absolute atomic E-state index is 12.5. The fraction of sp³-hybridized carbons (Fsp3) is 0.545. The van der Waals surface area contributed by atoms with E-state index in [0.717, 1.165) is 5.56 Å². The molecule has 1 aliphatic heterocycles. The third-order valence-corrected chi connectivity index (χ3v) is 5.02. The molecular weight excluding hydrogens is 400 g/mol. The van der Waals surface area contributed by atoms with E-state index < -0.39 is 35.4 Å². The van der Waals surface area contributed by atoms with Gasteiger partial charge in [0.15, 0.2) is 0 Å².